The van der Waals surface area contributed by atoms with Crippen LogP contribution in [-0.4, -0.2) is 64.1 Å². The van der Waals surface area contributed by atoms with Crippen LogP contribution in [0.1, 0.15) is 30.8 Å². The fourth-order valence-corrected chi connectivity index (χ4v) is 5.37. The van der Waals surface area contributed by atoms with Gasteiger partial charge in [0, 0.05) is 31.2 Å². The fourth-order valence-electron chi connectivity index (χ4n) is 5.25. The van der Waals surface area contributed by atoms with Crippen molar-refractivity contribution in [3.8, 4) is 17.2 Å². The Morgan fingerprint density at radius 2 is 1.68 bits per heavy atom. The molecule has 0 unspecified atom stereocenters. The van der Waals surface area contributed by atoms with Crippen LogP contribution in [0.15, 0.2) is 65.5 Å². The Hall–Kier alpha value is -4.09. The third kappa shape index (κ3) is 6.84. The van der Waals surface area contributed by atoms with Crippen molar-refractivity contribution in [2.24, 2.45) is 0 Å². The van der Waals surface area contributed by atoms with Crippen LogP contribution in [0, 0.1) is 6.92 Å². The van der Waals surface area contributed by atoms with E-state index < -0.39 is 17.3 Å². The first-order chi connectivity index (χ1) is 20.9. The molecule has 0 radical (unpaired) electrons. The zero-order valence-electron chi connectivity index (χ0n) is 24.5. The van der Waals surface area contributed by atoms with Crippen molar-refractivity contribution in [1.82, 2.24) is 19.4 Å². The minimum absolute atomic E-state index is 0.0138. The number of fused-ring (bicyclic) bond motifs is 1. The minimum Gasteiger partial charge on any atom is -0.489 e. The summed E-state index contributed by atoms with van der Waals surface area (Å²) >= 11 is 5.90. The molecule has 1 aliphatic heterocycles. The minimum atomic E-state index is -4.64. The number of para-hydroxylation sites is 1. The summed E-state index contributed by atoms with van der Waals surface area (Å²) in [6.45, 7) is 6.66. The van der Waals surface area contributed by atoms with E-state index in [4.69, 9.17) is 26.1 Å². The normalized spacial score (nSPS) is 14.3. The molecule has 0 aliphatic carbocycles. The number of hydrogen-bond acceptors (Lipinski definition) is 6. The predicted octanol–water partition coefficient (Wildman–Crippen LogP) is 5.88. The molecule has 1 saturated heterocycles. The van der Waals surface area contributed by atoms with Gasteiger partial charge in [-0.05, 0) is 74.9 Å². The maximum atomic E-state index is 14.0. The highest BCUT2D eigenvalue weighted by Crippen LogP contribution is 2.38. The summed E-state index contributed by atoms with van der Waals surface area (Å²) < 4.78 is 54.9. The highest BCUT2D eigenvalue weighted by atomic mass is 35.5. The molecule has 1 fully saturated rings. The number of rotatable bonds is 8. The van der Waals surface area contributed by atoms with Crippen LogP contribution < -0.4 is 15.0 Å². The zero-order valence-corrected chi connectivity index (χ0v) is 25.3. The largest absolute Gasteiger partial charge is 0.489 e. The SMILES string of the molecule is Cc1c(C(F)(F)F)ccc(OC(C)C)c1-n1c(CN2CCN(C(=O)COc3ccc(Cl)cc3)CC2)nc2ccccc2c1=O. The first-order valence-electron chi connectivity index (χ1n) is 14.2. The van der Waals surface area contributed by atoms with Gasteiger partial charge in [-0.15, -0.1) is 0 Å². The zero-order chi connectivity index (χ0) is 31.6. The number of hydrogen-bond donors (Lipinski definition) is 0. The van der Waals surface area contributed by atoms with E-state index in [0.717, 1.165) is 6.07 Å². The molecule has 0 bridgehead atoms. The van der Waals surface area contributed by atoms with Gasteiger partial charge in [0.15, 0.2) is 6.61 Å². The standard InChI is InChI=1S/C32H32ClF3N4O4/c1-20(2)44-27-13-12-25(32(34,35)36)21(3)30(27)40-28(37-26-7-5-4-6-24(26)31(40)42)18-38-14-16-39(17-15-38)29(41)19-43-23-10-8-22(33)9-11-23/h4-13,20H,14-19H2,1-3H3. The van der Waals surface area contributed by atoms with E-state index in [1.807, 2.05) is 4.90 Å². The number of aromatic nitrogens is 2. The molecule has 3 aromatic carbocycles. The summed E-state index contributed by atoms with van der Waals surface area (Å²) in [4.78, 5) is 35.3. The molecule has 1 aromatic heterocycles. The summed E-state index contributed by atoms with van der Waals surface area (Å²) in [7, 11) is 0. The first-order valence-corrected chi connectivity index (χ1v) is 14.6. The molecule has 1 amide bonds. The van der Waals surface area contributed by atoms with Gasteiger partial charge in [0.05, 0.1) is 34.8 Å². The van der Waals surface area contributed by atoms with Crippen molar-refractivity contribution in [2.45, 2.75) is 39.6 Å². The van der Waals surface area contributed by atoms with Gasteiger partial charge in [-0.2, -0.15) is 13.2 Å². The number of carbonyl (C=O) groups excluding carboxylic acids is 1. The third-order valence-electron chi connectivity index (χ3n) is 7.40. The summed E-state index contributed by atoms with van der Waals surface area (Å²) in [5, 5.41) is 0.845. The van der Waals surface area contributed by atoms with Gasteiger partial charge in [-0.3, -0.25) is 19.1 Å². The quantitative estimate of drug-likeness (QED) is 0.243. The number of benzene rings is 3. The molecule has 0 spiro atoms. The van der Waals surface area contributed by atoms with E-state index in [2.05, 4.69) is 0 Å². The maximum Gasteiger partial charge on any atom is 0.416 e. The second kappa shape index (κ2) is 12.9. The van der Waals surface area contributed by atoms with Crippen LogP contribution in [0.25, 0.3) is 16.6 Å². The number of amides is 1. The van der Waals surface area contributed by atoms with Gasteiger partial charge in [-0.25, -0.2) is 4.98 Å². The van der Waals surface area contributed by atoms with Crippen LogP contribution in [0.3, 0.4) is 0 Å². The Balaban J connectivity index is 1.44. The number of nitrogens with zero attached hydrogens (tertiary/aromatic N) is 4. The Morgan fingerprint density at radius 1 is 1.00 bits per heavy atom. The van der Waals surface area contributed by atoms with Crippen LogP contribution in [0.5, 0.6) is 11.5 Å². The molecule has 8 nitrogen and oxygen atoms in total. The average Bonchev–Trinajstić information content (AvgIpc) is 2.97. The number of halogens is 4. The van der Waals surface area contributed by atoms with Crippen LogP contribution in [0.4, 0.5) is 13.2 Å². The summed E-state index contributed by atoms with van der Waals surface area (Å²) in [6, 6.07) is 15.7. The van der Waals surface area contributed by atoms with E-state index in [0.29, 0.717) is 42.5 Å². The van der Waals surface area contributed by atoms with E-state index in [1.165, 1.54) is 17.6 Å². The van der Waals surface area contributed by atoms with Crippen LogP contribution in [0.2, 0.25) is 5.02 Å². The van der Waals surface area contributed by atoms with Crippen molar-refractivity contribution in [2.75, 3.05) is 32.8 Å². The van der Waals surface area contributed by atoms with E-state index >= 15 is 0 Å². The Morgan fingerprint density at radius 3 is 2.34 bits per heavy atom. The lowest BCUT2D eigenvalue weighted by atomic mass is 10.0. The van der Waals surface area contributed by atoms with Crippen molar-refractivity contribution < 1.29 is 27.4 Å². The molecule has 1 aliphatic rings. The monoisotopic (exact) mass is 628 g/mol. The van der Waals surface area contributed by atoms with Crippen molar-refractivity contribution in [1.29, 1.82) is 0 Å². The average molecular weight is 629 g/mol. The van der Waals surface area contributed by atoms with Crippen LogP contribution in [-0.2, 0) is 17.5 Å². The van der Waals surface area contributed by atoms with Crippen molar-refractivity contribution >= 4 is 28.4 Å². The van der Waals surface area contributed by atoms with Gasteiger partial charge in [0.2, 0.25) is 0 Å². The Kier molecular flexibility index (Phi) is 9.17. The van der Waals surface area contributed by atoms with Gasteiger partial charge in [0.1, 0.15) is 17.3 Å². The molecule has 2 heterocycles. The number of ether oxygens (including phenoxy) is 2. The topological polar surface area (TPSA) is 76.9 Å². The molecule has 4 aromatic rings. The molecular formula is C32H32ClF3N4O4. The first kappa shape index (κ1) is 31.3. The highest BCUT2D eigenvalue weighted by Gasteiger charge is 2.35. The highest BCUT2D eigenvalue weighted by molar-refractivity contribution is 6.30. The van der Waals surface area contributed by atoms with Gasteiger partial charge >= 0.3 is 6.18 Å². The fraction of sp³-hybridized carbons (Fsp3) is 0.344. The molecule has 232 valence electrons. The molecule has 12 heteroatoms. The number of piperazine rings is 1. The molecule has 0 saturated carbocycles. The predicted molar refractivity (Wildman–Crippen MR) is 162 cm³/mol. The number of carbonyl (C=O) groups is 1. The summed E-state index contributed by atoms with van der Waals surface area (Å²) in [6.07, 6.45) is -4.99. The van der Waals surface area contributed by atoms with Crippen LogP contribution >= 0.6 is 11.6 Å². The Labute approximate surface area is 257 Å². The van der Waals surface area contributed by atoms with E-state index in [-0.39, 0.29) is 53.4 Å². The second-order valence-electron chi connectivity index (χ2n) is 10.8. The van der Waals surface area contributed by atoms with E-state index in [1.54, 1.807) is 67.3 Å². The number of alkyl halides is 3. The second-order valence-corrected chi connectivity index (χ2v) is 11.3. The van der Waals surface area contributed by atoms with Gasteiger partial charge in [0.25, 0.3) is 11.5 Å². The maximum absolute atomic E-state index is 14.0. The smallest absolute Gasteiger partial charge is 0.416 e. The lowest BCUT2D eigenvalue weighted by molar-refractivity contribution is -0.138. The summed E-state index contributed by atoms with van der Waals surface area (Å²) in [5.74, 6) is 0.792. The molecule has 0 N–H and O–H groups in total. The molecule has 5 rings (SSSR count). The van der Waals surface area contributed by atoms with Crippen molar-refractivity contribution in [3.05, 3.63) is 93.0 Å². The van der Waals surface area contributed by atoms with Crippen molar-refractivity contribution in [3.63, 3.8) is 0 Å². The molecule has 0 atom stereocenters. The van der Waals surface area contributed by atoms with Gasteiger partial charge in [-0.1, -0.05) is 23.7 Å². The van der Waals surface area contributed by atoms with E-state index in [9.17, 15) is 22.8 Å². The lowest BCUT2D eigenvalue weighted by Gasteiger charge is -2.35. The molecule has 44 heavy (non-hydrogen) atoms. The third-order valence-corrected chi connectivity index (χ3v) is 7.65. The lowest BCUT2D eigenvalue weighted by Crippen LogP contribution is -2.50. The molecular weight excluding hydrogens is 597 g/mol. The Bertz CT molecular complexity index is 1720. The summed E-state index contributed by atoms with van der Waals surface area (Å²) in [5.41, 5.74) is -1.03. The van der Waals surface area contributed by atoms with Gasteiger partial charge < -0.3 is 14.4 Å².